The van der Waals surface area contributed by atoms with E-state index in [-0.39, 0.29) is 24.0 Å². The Hall–Kier alpha value is -0.860. The van der Waals surface area contributed by atoms with E-state index < -0.39 is 0 Å². The van der Waals surface area contributed by atoms with Gasteiger partial charge in [0.2, 0.25) is 0 Å². The average molecular weight is 459 g/mol. The van der Waals surface area contributed by atoms with Crippen LogP contribution < -0.4 is 10.6 Å². The molecule has 1 fully saturated rings. The molecular weight excluding hydrogens is 429 g/mol. The molecule has 0 amide bonds. The molecule has 0 radical (unpaired) electrons. The highest BCUT2D eigenvalue weighted by atomic mass is 127. The Morgan fingerprint density at radius 1 is 1.32 bits per heavy atom. The van der Waals surface area contributed by atoms with Crippen molar-refractivity contribution in [2.24, 2.45) is 10.9 Å². The summed E-state index contributed by atoms with van der Waals surface area (Å²) in [5.74, 6) is 2.08. The molecule has 0 spiro atoms. The van der Waals surface area contributed by atoms with Crippen molar-refractivity contribution < 1.29 is 9.47 Å². The van der Waals surface area contributed by atoms with Gasteiger partial charge < -0.3 is 20.1 Å². The molecule has 1 aromatic rings. The Bertz CT molecular complexity index is 547. The lowest BCUT2D eigenvalue weighted by Gasteiger charge is -2.30. The van der Waals surface area contributed by atoms with Gasteiger partial charge in [0.25, 0.3) is 0 Å². The third-order valence-corrected chi connectivity index (χ3v) is 4.84. The zero-order chi connectivity index (χ0) is 16.6. The highest BCUT2D eigenvalue weighted by Crippen LogP contribution is 2.33. The minimum absolute atomic E-state index is 0. The van der Waals surface area contributed by atoms with Crippen LogP contribution in [-0.2, 0) is 15.9 Å². The summed E-state index contributed by atoms with van der Waals surface area (Å²) in [4.78, 5) is 4.29. The Morgan fingerprint density at radius 2 is 2.20 bits per heavy atom. The van der Waals surface area contributed by atoms with Crippen molar-refractivity contribution in [3.8, 4) is 0 Å². The molecule has 1 aromatic carbocycles. The summed E-state index contributed by atoms with van der Waals surface area (Å²) in [5, 5.41) is 6.79. The van der Waals surface area contributed by atoms with E-state index in [9.17, 15) is 0 Å². The number of guanidine groups is 1. The van der Waals surface area contributed by atoms with Crippen LogP contribution in [0.1, 0.15) is 29.9 Å². The minimum Gasteiger partial charge on any atom is -0.381 e. The maximum atomic E-state index is 5.72. The smallest absolute Gasteiger partial charge is 0.190 e. The first-order chi connectivity index (χ1) is 11.9. The maximum absolute atomic E-state index is 5.72. The van der Waals surface area contributed by atoms with E-state index in [1.54, 1.807) is 0 Å². The summed E-state index contributed by atoms with van der Waals surface area (Å²) in [6.45, 7) is 5.18. The summed E-state index contributed by atoms with van der Waals surface area (Å²) in [6.07, 6.45) is 3.29. The molecule has 1 saturated heterocycles. The van der Waals surface area contributed by atoms with Crippen LogP contribution in [0.5, 0.6) is 0 Å². The summed E-state index contributed by atoms with van der Waals surface area (Å²) in [7, 11) is 1.82. The van der Waals surface area contributed by atoms with E-state index in [2.05, 4.69) is 39.9 Å². The number of fused-ring (bicyclic) bond motifs is 1. The van der Waals surface area contributed by atoms with Gasteiger partial charge in [0.1, 0.15) is 0 Å². The van der Waals surface area contributed by atoms with Gasteiger partial charge in [-0.1, -0.05) is 24.3 Å². The van der Waals surface area contributed by atoms with Crippen molar-refractivity contribution in [1.82, 2.24) is 10.6 Å². The number of benzene rings is 1. The largest absolute Gasteiger partial charge is 0.381 e. The van der Waals surface area contributed by atoms with Crippen molar-refractivity contribution in [2.75, 3.05) is 46.6 Å². The van der Waals surface area contributed by atoms with Crippen LogP contribution in [-0.4, -0.2) is 52.5 Å². The number of hydrogen-bond acceptors (Lipinski definition) is 3. The van der Waals surface area contributed by atoms with E-state index in [1.165, 1.54) is 17.5 Å². The van der Waals surface area contributed by atoms with Crippen LogP contribution in [0.15, 0.2) is 29.3 Å². The highest BCUT2D eigenvalue weighted by Gasteiger charge is 2.25. The number of nitrogens with zero attached hydrogens (tertiary/aromatic N) is 1. The molecule has 140 valence electrons. The van der Waals surface area contributed by atoms with Crippen molar-refractivity contribution >= 4 is 29.9 Å². The first-order valence-electron chi connectivity index (χ1n) is 9.04. The van der Waals surface area contributed by atoms with Gasteiger partial charge in [-0.15, -0.1) is 24.0 Å². The van der Waals surface area contributed by atoms with E-state index in [1.807, 2.05) is 7.05 Å². The average Bonchev–Trinajstić information content (AvgIpc) is 3.10. The Kier molecular flexibility index (Phi) is 8.98. The molecule has 2 unspecified atom stereocenters. The summed E-state index contributed by atoms with van der Waals surface area (Å²) in [5.41, 5.74) is 2.96. The molecule has 1 heterocycles. The second-order valence-corrected chi connectivity index (χ2v) is 6.64. The normalized spacial score (nSPS) is 21.9. The third-order valence-electron chi connectivity index (χ3n) is 4.84. The molecule has 5 nitrogen and oxygen atoms in total. The topological polar surface area (TPSA) is 54.9 Å². The second kappa shape index (κ2) is 11.0. The molecule has 1 aliphatic heterocycles. The van der Waals surface area contributed by atoms with Gasteiger partial charge in [-0.05, 0) is 30.4 Å². The fourth-order valence-electron chi connectivity index (χ4n) is 3.33. The first kappa shape index (κ1) is 20.5. The number of halogens is 1. The Labute approximate surface area is 168 Å². The van der Waals surface area contributed by atoms with Gasteiger partial charge in [-0.25, -0.2) is 0 Å². The fourth-order valence-corrected chi connectivity index (χ4v) is 3.33. The van der Waals surface area contributed by atoms with E-state index in [4.69, 9.17) is 9.47 Å². The number of hydrogen-bond donors (Lipinski definition) is 2. The van der Waals surface area contributed by atoms with Gasteiger partial charge in [0, 0.05) is 45.2 Å². The van der Waals surface area contributed by atoms with Gasteiger partial charge in [-0.3, -0.25) is 4.99 Å². The lowest BCUT2D eigenvalue weighted by molar-refractivity contribution is 0.0888. The number of nitrogens with one attached hydrogen (secondary N) is 2. The standard InChI is InChI=1S/C19H29N3O2.HI/c1-20-19(21-8-4-9-23-13-15-7-10-24-14-15)22-12-17-11-16-5-2-3-6-18(16)17;/h2-3,5-6,15,17H,4,7-14H2,1H3,(H2,20,21,22);1H. The van der Waals surface area contributed by atoms with Gasteiger partial charge >= 0.3 is 0 Å². The SMILES string of the molecule is CN=C(NCCCOCC1CCOC1)NCC1Cc2ccccc21.I. The van der Waals surface area contributed by atoms with Crippen molar-refractivity contribution in [1.29, 1.82) is 0 Å². The second-order valence-electron chi connectivity index (χ2n) is 6.64. The van der Waals surface area contributed by atoms with Crippen molar-refractivity contribution in [3.05, 3.63) is 35.4 Å². The number of ether oxygens (including phenoxy) is 2. The summed E-state index contributed by atoms with van der Waals surface area (Å²) < 4.78 is 11.1. The van der Waals surface area contributed by atoms with Gasteiger partial charge in [0.15, 0.2) is 5.96 Å². The van der Waals surface area contributed by atoms with E-state index in [0.717, 1.165) is 58.3 Å². The fraction of sp³-hybridized carbons (Fsp3) is 0.632. The van der Waals surface area contributed by atoms with Crippen LogP contribution in [0.2, 0.25) is 0 Å². The van der Waals surface area contributed by atoms with Gasteiger partial charge in [0.05, 0.1) is 13.2 Å². The van der Waals surface area contributed by atoms with Crippen LogP contribution in [0, 0.1) is 5.92 Å². The highest BCUT2D eigenvalue weighted by molar-refractivity contribution is 14.0. The molecule has 0 saturated carbocycles. The molecule has 0 aromatic heterocycles. The van der Waals surface area contributed by atoms with Gasteiger partial charge in [-0.2, -0.15) is 0 Å². The predicted octanol–water partition coefficient (Wildman–Crippen LogP) is 2.55. The lowest BCUT2D eigenvalue weighted by atomic mass is 9.78. The monoisotopic (exact) mass is 459 g/mol. The predicted molar refractivity (Wildman–Crippen MR) is 112 cm³/mol. The van der Waals surface area contributed by atoms with Crippen molar-refractivity contribution in [3.63, 3.8) is 0 Å². The molecule has 25 heavy (non-hydrogen) atoms. The third kappa shape index (κ3) is 6.11. The molecule has 6 heteroatoms. The maximum Gasteiger partial charge on any atom is 0.190 e. The number of rotatable bonds is 8. The minimum atomic E-state index is 0. The van der Waals surface area contributed by atoms with Crippen LogP contribution >= 0.6 is 24.0 Å². The zero-order valence-corrected chi connectivity index (χ0v) is 17.3. The number of aliphatic imine (C=N–C) groups is 1. The first-order valence-corrected chi connectivity index (χ1v) is 9.04. The molecule has 1 aliphatic carbocycles. The van der Waals surface area contributed by atoms with Crippen LogP contribution in [0.4, 0.5) is 0 Å². The lowest BCUT2D eigenvalue weighted by Crippen LogP contribution is -2.41. The van der Waals surface area contributed by atoms with E-state index >= 15 is 0 Å². The van der Waals surface area contributed by atoms with Crippen LogP contribution in [0.3, 0.4) is 0 Å². The Morgan fingerprint density at radius 3 is 2.96 bits per heavy atom. The van der Waals surface area contributed by atoms with Crippen LogP contribution in [0.25, 0.3) is 0 Å². The Balaban J connectivity index is 0.00000225. The summed E-state index contributed by atoms with van der Waals surface area (Å²) in [6, 6.07) is 8.69. The van der Waals surface area contributed by atoms with Crippen molar-refractivity contribution in [2.45, 2.75) is 25.2 Å². The van der Waals surface area contributed by atoms with E-state index in [0.29, 0.717) is 11.8 Å². The molecule has 2 aliphatic rings. The quantitative estimate of drug-likeness (QED) is 0.272. The molecule has 2 N–H and O–H groups in total. The molecular formula is C19H30IN3O2. The molecule has 2 atom stereocenters. The molecule has 3 rings (SSSR count). The summed E-state index contributed by atoms with van der Waals surface area (Å²) >= 11 is 0. The molecule has 0 bridgehead atoms. The zero-order valence-electron chi connectivity index (χ0n) is 15.0.